The smallest absolute Gasteiger partial charge is 0.274 e. The highest BCUT2D eigenvalue weighted by atomic mass is 16.5. The van der Waals surface area contributed by atoms with Crippen LogP contribution in [0.5, 0.6) is 5.75 Å². The summed E-state index contributed by atoms with van der Waals surface area (Å²) in [5.41, 5.74) is 3.52. The lowest BCUT2D eigenvalue weighted by Gasteiger charge is -2.18. The molecule has 8 heteroatoms. The van der Waals surface area contributed by atoms with Gasteiger partial charge >= 0.3 is 0 Å². The molecular weight excluding hydrogens is 420 g/mol. The molecule has 0 aliphatic heterocycles. The highest BCUT2D eigenvalue weighted by Crippen LogP contribution is 2.21. The summed E-state index contributed by atoms with van der Waals surface area (Å²) in [6.07, 6.45) is 0. The molecule has 2 aromatic carbocycles. The number of aromatic nitrogens is 2. The van der Waals surface area contributed by atoms with Gasteiger partial charge in [0.05, 0.1) is 13.1 Å². The van der Waals surface area contributed by atoms with Gasteiger partial charge in [0.25, 0.3) is 11.5 Å². The molecule has 0 fully saturated rings. The summed E-state index contributed by atoms with van der Waals surface area (Å²) in [7, 11) is 1.52. The predicted octanol–water partition coefficient (Wildman–Crippen LogP) is 2.96. The second-order valence-corrected chi connectivity index (χ2v) is 7.92. The average molecular weight is 449 g/mol. The van der Waals surface area contributed by atoms with Crippen LogP contribution >= 0.6 is 0 Å². The first kappa shape index (κ1) is 23.7. The van der Waals surface area contributed by atoms with E-state index in [9.17, 15) is 14.4 Å². The van der Waals surface area contributed by atoms with Crippen molar-refractivity contribution in [1.29, 1.82) is 0 Å². The second-order valence-electron chi connectivity index (χ2n) is 7.92. The number of amides is 2. The zero-order chi connectivity index (χ0) is 24.0. The van der Waals surface area contributed by atoms with Crippen LogP contribution in [0.15, 0.2) is 59.4 Å². The number of anilines is 1. The number of hydrogen-bond acceptors (Lipinski definition) is 5. The van der Waals surface area contributed by atoms with Crippen LogP contribution in [0.2, 0.25) is 0 Å². The summed E-state index contributed by atoms with van der Waals surface area (Å²) in [4.78, 5) is 38.8. The van der Waals surface area contributed by atoms with Crippen molar-refractivity contribution in [3.63, 3.8) is 0 Å². The third-order valence-corrected chi connectivity index (χ3v) is 5.07. The fourth-order valence-corrected chi connectivity index (χ4v) is 3.53. The molecular formula is C25H28N4O4. The number of carbonyl (C=O) groups is 2. The van der Waals surface area contributed by atoms with Gasteiger partial charge in [-0.1, -0.05) is 35.9 Å². The van der Waals surface area contributed by atoms with Crippen molar-refractivity contribution in [2.24, 2.45) is 0 Å². The highest BCUT2D eigenvalue weighted by molar-refractivity contribution is 5.98. The molecule has 1 heterocycles. The van der Waals surface area contributed by atoms with Crippen LogP contribution in [-0.4, -0.2) is 46.7 Å². The highest BCUT2D eigenvalue weighted by Gasteiger charge is 2.18. The molecule has 0 spiro atoms. The van der Waals surface area contributed by atoms with Crippen LogP contribution in [0, 0.1) is 20.8 Å². The standard InChI is InChI=1S/C25H28N4O4/c1-17-14-18(2)24(19(3)15-17)26-22(30)16-28(4)25(32)21-10-11-23(31)29(27-21)12-13-33-20-8-6-5-7-9-20/h5-11,14-15H,12-13,16H2,1-4H3,(H,26,30). The maximum atomic E-state index is 12.8. The molecule has 0 atom stereocenters. The molecule has 172 valence electrons. The van der Waals surface area contributed by atoms with Crippen molar-refractivity contribution in [2.45, 2.75) is 27.3 Å². The number of benzene rings is 2. The maximum absolute atomic E-state index is 12.8. The van der Waals surface area contributed by atoms with Crippen molar-refractivity contribution >= 4 is 17.5 Å². The van der Waals surface area contributed by atoms with Gasteiger partial charge in [0.15, 0.2) is 0 Å². The largest absolute Gasteiger partial charge is 0.492 e. The number of para-hydroxylation sites is 1. The fraction of sp³-hybridized carbons (Fsp3) is 0.280. The van der Waals surface area contributed by atoms with E-state index < -0.39 is 5.91 Å². The summed E-state index contributed by atoms with van der Waals surface area (Å²) in [5.74, 6) is -0.0895. The Labute approximate surface area is 192 Å². The predicted molar refractivity (Wildman–Crippen MR) is 127 cm³/mol. The van der Waals surface area contributed by atoms with E-state index in [-0.39, 0.29) is 36.9 Å². The lowest BCUT2D eigenvalue weighted by molar-refractivity contribution is -0.116. The van der Waals surface area contributed by atoms with Crippen molar-refractivity contribution in [3.05, 3.63) is 87.3 Å². The number of likely N-dealkylation sites (N-methyl/N-ethyl adjacent to an activating group) is 1. The van der Waals surface area contributed by atoms with Crippen LogP contribution in [0.25, 0.3) is 0 Å². The van der Waals surface area contributed by atoms with E-state index in [1.54, 1.807) is 0 Å². The van der Waals surface area contributed by atoms with E-state index in [1.807, 2.05) is 63.2 Å². The van der Waals surface area contributed by atoms with E-state index >= 15 is 0 Å². The third-order valence-electron chi connectivity index (χ3n) is 5.07. The van der Waals surface area contributed by atoms with E-state index in [2.05, 4.69) is 10.4 Å². The summed E-state index contributed by atoms with van der Waals surface area (Å²) in [6, 6.07) is 15.9. The molecule has 0 unspecified atom stereocenters. The first-order valence-electron chi connectivity index (χ1n) is 10.6. The number of rotatable bonds is 8. The number of nitrogens with zero attached hydrogens (tertiary/aromatic N) is 3. The van der Waals surface area contributed by atoms with Gasteiger partial charge in [-0.25, -0.2) is 4.68 Å². The fourth-order valence-electron chi connectivity index (χ4n) is 3.53. The Balaban J connectivity index is 1.62. The van der Waals surface area contributed by atoms with Gasteiger partial charge in [-0.15, -0.1) is 0 Å². The number of carbonyl (C=O) groups excluding carboxylic acids is 2. The monoisotopic (exact) mass is 448 g/mol. The number of nitrogens with one attached hydrogen (secondary N) is 1. The van der Waals surface area contributed by atoms with Crippen molar-refractivity contribution in [1.82, 2.24) is 14.7 Å². The van der Waals surface area contributed by atoms with Crippen LogP contribution in [0.3, 0.4) is 0 Å². The minimum absolute atomic E-state index is 0.0762. The van der Waals surface area contributed by atoms with Gasteiger partial charge in [0, 0.05) is 18.8 Å². The molecule has 0 radical (unpaired) electrons. The van der Waals surface area contributed by atoms with E-state index in [0.717, 1.165) is 22.4 Å². The zero-order valence-corrected chi connectivity index (χ0v) is 19.3. The van der Waals surface area contributed by atoms with E-state index in [4.69, 9.17) is 4.74 Å². The molecule has 8 nitrogen and oxygen atoms in total. The van der Waals surface area contributed by atoms with Crippen molar-refractivity contribution < 1.29 is 14.3 Å². The molecule has 0 saturated carbocycles. The Morgan fingerprint density at radius 1 is 1.03 bits per heavy atom. The Bertz CT molecular complexity index is 1180. The SMILES string of the molecule is Cc1cc(C)c(NC(=O)CN(C)C(=O)c2ccc(=O)n(CCOc3ccccc3)n2)c(C)c1. The quantitative estimate of drug-likeness (QED) is 0.572. The second kappa shape index (κ2) is 10.6. The molecule has 2 amide bonds. The van der Waals surface area contributed by atoms with Gasteiger partial charge in [0.2, 0.25) is 5.91 Å². The lowest BCUT2D eigenvalue weighted by atomic mass is 10.1. The summed E-state index contributed by atoms with van der Waals surface area (Å²) >= 11 is 0. The Kier molecular flexibility index (Phi) is 7.61. The molecule has 3 aromatic rings. The Morgan fingerprint density at radius 2 is 1.70 bits per heavy atom. The molecule has 1 aromatic heterocycles. The average Bonchev–Trinajstić information content (AvgIpc) is 2.77. The van der Waals surface area contributed by atoms with Gasteiger partial charge < -0.3 is 15.0 Å². The minimum Gasteiger partial charge on any atom is -0.492 e. The van der Waals surface area contributed by atoms with Crippen LogP contribution in [0.1, 0.15) is 27.2 Å². The third kappa shape index (κ3) is 6.29. The molecule has 0 saturated heterocycles. The molecule has 1 N–H and O–H groups in total. The number of ether oxygens (including phenoxy) is 1. The van der Waals surface area contributed by atoms with Gasteiger partial charge in [-0.3, -0.25) is 14.4 Å². The van der Waals surface area contributed by atoms with Gasteiger partial charge in [0.1, 0.15) is 18.1 Å². The number of aryl methyl sites for hydroxylation is 3. The van der Waals surface area contributed by atoms with Crippen LogP contribution in [-0.2, 0) is 11.3 Å². The van der Waals surface area contributed by atoms with E-state index in [1.165, 1.54) is 28.8 Å². The molecule has 3 rings (SSSR count). The molecule has 0 bridgehead atoms. The Morgan fingerprint density at radius 3 is 2.36 bits per heavy atom. The first-order valence-corrected chi connectivity index (χ1v) is 10.6. The summed E-state index contributed by atoms with van der Waals surface area (Å²) in [6.45, 7) is 6.12. The van der Waals surface area contributed by atoms with Crippen molar-refractivity contribution in [3.8, 4) is 5.75 Å². The van der Waals surface area contributed by atoms with Gasteiger partial charge in [-0.2, -0.15) is 5.10 Å². The van der Waals surface area contributed by atoms with E-state index in [0.29, 0.717) is 5.75 Å². The van der Waals surface area contributed by atoms with Gasteiger partial charge in [-0.05, 0) is 50.1 Å². The van der Waals surface area contributed by atoms with Crippen molar-refractivity contribution in [2.75, 3.05) is 25.5 Å². The first-order chi connectivity index (χ1) is 15.7. The minimum atomic E-state index is -0.458. The zero-order valence-electron chi connectivity index (χ0n) is 19.3. The topological polar surface area (TPSA) is 93.5 Å². The molecule has 0 aliphatic rings. The summed E-state index contributed by atoms with van der Waals surface area (Å²) < 4.78 is 6.78. The van der Waals surface area contributed by atoms with Crippen LogP contribution < -0.4 is 15.6 Å². The number of hydrogen-bond donors (Lipinski definition) is 1. The lowest BCUT2D eigenvalue weighted by Crippen LogP contribution is -2.37. The Hall–Kier alpha value is -3.94. The molecule has 33 heavy (non-hydrogen) atoms. The summed E-state index contributed by atoms with van der Waals surface area (Å²) in [5, 5.41) is 7.04. The van der Waals surface area contributed by atoms with Crippen LogP contribution in [0.4, 0.5) is 5.69 Å². The normalized spacial score (nSPS) is 10.5. The maximum Gasteiger partial charge on any atom is 0.274 e. The molecule has 0 aliphatic carbocycles.